The summed E-state index contributed by atoms with van der Waals surface area (Å²) in [5, 5.41) is 11.2. The summed E-state index contributed by atoms with van der Waals surface area (Å²) in [5.41, 5.74) is 1.54. The van der Waals surface area contributed by atoms with Crippen molar-refractivity contribution in [3.05, 3.63) is 54.0 Å². The van der Waals surface area contributed by atoms with Crippen molar-refractivity contribution in [2.75, 3.05) is 14.2 Å². The third kappa shape index (κ3) is 3.55. The standard InChI is InChI=1S/C18H20N4O3/c1-12(18-21-20-16-6-4-5-9-22(16)18)19-17(23)10-13-7-8-14(24-2)11-15(13)25-3/h4-9,11-12H,10H2,1-3H3,(H,19,23)/t12-/m0/s1. The van der Waals surface area contributed by atoms with Gasteiger partial charge in [0, 0.05) is 17.8 Å². The molecule has 25 heavy (non-hydrogen) atoms. The van der Waals surface area contributed by atoms with Crippen molar-refractivity contribution in [2.24, 2.45) is 0 Å². The van der Waals surface area contributed by atoms with Crippen LogP contribution in [0, 0.1) is 0 Å². The zero-order valence-corrected chi connectivity index (χ0v) is 14.4. The lowest BCUT2D eigenvalue weighted by Gasteiger charge is -2.14. The highest BCUT2D eigenvalue weighted by atomic mass is 16.5. The van der Waals surface area contributed by atoms with E-state index in [0.29, 0.717) is 17.3 Å². The van der Waals surface area contributed by atoms with E-state index in [-0.39, 0.29) is 18.4 Å². The van der Waals surface area contributed by atoms with Crippen LogP contribution in [0.1, 0.15) is 24.4 Å². The van der Waals surface area contributed by atoms with E-state index in [1.807, 2.05) is 41.8 Å². The minimum absolute atomic E-state index is 0.122. The molecule has 0 aliphatic heterocycles. The van der Waals surface area contributed by atoms with Gasteiger partial charge in [0.1, 0.15) is 11.5 Å². The van der Waals surface area contributed by atoms with Gasteiger partial charge in [-0.15, -0.1) is 10.2 Å². The van der Waals surface area contributed by atoms with Crippen LogP contribution in [0.4, 0.5) is 0 Å². The SMILES string of the molecule is COc1ccc(CC(=O)N[C@@H](C)c2nnc3ccccn23)c(OC)c1. The summed E-state index contributed by atoms with van der Waals surface area (Å²) in [4.78, 5) is 12.4. The Morgan fingerprint density at radius 3 is 2.80 bits per heavy atom. The molecule has 1 N–H and O–H groups in total. The second-order valence-electron chi connectivity index (χ2n) is 5.63. The third-order valence-electron chi connectivity index (χ3n) is 3.95. The molecule has 1 atom stereocenters. The van der Waals surface area contributed by atoms with Gasteiger partial charge in [0.25, 0.3) is 0 Å². The molecule has 0 saturated heterocycles. The zero-order valence-electron chi connectivity index (χ0n) is 14.4. The van der Waals surface area contributed by atoms with Crippen molar-refractivity contribution < 1.29 is 14.3 Å². The van der Waals surface area contributed by atoms with Gasteiger partial charge in [0.2, 0.25) is 5.91 Å². The largest absolute Gasteiger partial charge is 0.497 e. The molecule has 1 amide bonds. The minimum atomic E-state index is -0.269. The van der Waals surface area contributed by atoms with Crippen LogP contribution in [0.15, 0.2) is 42.6 Å². The number of nitrogens with zero attached hydrogens (tertiary/aromatic N) is 3. The Labute approximate surface area is 145 Å². The van der Waals surface area contributed by atoms with Gasteiger partial charge < -0.3 is 14.8 Å². The van der Waals surface area contributed by atoms with E-state index in [1.54, 1.807) is 26.4 Å². The van der Waals surface area contributed by atoms with Crippen LogP contribution in [-0.2, 0) is 11.2 Å². The lowest BCUT2D eigenvalue weighted by Crippen LogP contribution is -2.29. The second-order valence-corrected chi connectivity index (χ2v) is 5.63. The Kier molecular flexibility index (Phi) is 4.83. The number of fused-ring (bicyclic) bond motifs is 1. The smallest absolute Gasteiger partial charge is 0.225 e. The first-order valence-electron chi connectivity index (χ1n) is 7.92. The second kappa shape index (κ2) is 7.21. The predicted octanol–water partition coefficient (Wildman–Crippen LogP) is 2.17. The Balaban J connectivity index is 1.72. The number of pyridine rings is 1. The average molecular weight is 340 g/mol. The lowest BCUT2D eigenvalue weighted by molar-refractivity contribution is -0.121. The maximum atomic E-state index is 12.4. The number of hydrogen-bond donors (Lipinski definition) is 1. The number of rotatable bonds is 6. The molecule has 0 bridgehead atoms. The van der Waals surface area contributed by atoms with Gasteiger partial charge in [0.15, 0.2) is 11.5 Å². The highest BCUT2D eigenvalue weighted by molar-refractivity contribution is 5.79. The molecular formula is C18H20N4O3. The number of benzene rings is 1. The molecule has 2 heterocycles. The maximum absolute atomic E-state index is 12.4. The van der Waals surface area contributed by atoms with Gasteiger partial charge in [-0.3, -0.25) is 9.20 Å². The highest BCUT2D eigenvalue weighted by Crippen LogP contribution is 2.25. The van der Waals surface area contributed by atoms with Gasteiger partial charge in [0.05, 0.1) is 26.7 Å². The molecule has 3 aromatic rings. The lowest BCUT2D eigenvalue weighted by atomic mass is 10.1. The maximum Gasteiger partial charge on any atom is 0.225 e. The molecule has 2 aromatic heterocycles. The number of ether oxygens (including phenoxy) is 2. The monoisotopic (exact) mass is 340 g/mol. The number of carbonyl (C=O) groups is 1. The van der Waals surface area contributed by atoms with E-state index in [2.05, 4.69) is 15.5 Å². The van der Waals surface area contributed by atoms with Crippen molar-refractivity contribution in [3.63, 3.8) is 0 Å². The molecule has 0 saturated carbocycles. The van der Waals surface area contributed by atoms with Crippen molar-refractivity contribution in [3.8, 4) is 11.5 Å². The summed E-state index contributed by atoms with van der Waals surface area (Å²) in [6.07, 6.45) is 2.08. The van der Waals surface area contributed by atoms with Gasteiger partial charge in [-0.2, -0.15) is 0 Å². The number of aromatic nitrogens is 3. The summed E-state index contributed by atoms with van der Waals surface area (Å²) < 4.78 is 12.4. The molecule has 7 nitrogen and oxygen atoms in total. The fourth-order valence-corrected chi connectivity index (χ4v) is 2.68. The predicted molar refractivity (Wildman–Crippen MR) is 92.8 cm³/mol. The van der Waals surface area contributed by atoms with Crippen LogP contribution in [-0.4, -0.2) is 34.7 Å². The number of methoxy groups -OCH3 is 2. The van der Waals surface area contributed by atoms with Crippen LogP contribution in [0.2, 0.25) is 0 Å². The Morgan fingerprint density at radius 2 is 2.04 bits per heavy atom. The van der Waals surface area contributed by atoms with Gasteiger partial charge in [-0.1, -0.05) is 12.1 Å². The molecule has 0 spiro atoms. The van der Waals surface area contributed by atoms with E-state index in [0.717, 1.165) is 11.2 Å². The summed E-state index contributed by atoms with van der Waals surface area (Å²) >= 11 is 0. The van der Waals surface area contributed by atoms with Crippen molar-refractivity contribution in [1.82, 2.24) is 19.9 Å². The number of hydrogen-bond acceptors (Lipinski definition) is 5. The molecule has 1 aromatic carbocycles. The van der Waals surface area contributed by atoms with E-state index in [9.17, 15) is 4.79 Å². The van der Waals surface area contributed by atoms with Crippen molar-refractivity contribution in [1.29, 1.82) is 0 Å². The van der Waals surface area contributed by atoms with Crippen LogP contribution < -0.4 is 14.8 Å². The van der Waals surface area contributed by atoms with Crippen LogP contribution in [0.25, 0.3) is 5.65 Å². The summed E-state index contributed by atoms with van der Waals surface area (Å²) in [6.45, 7) is 1.88. The van der Waals surface area contributed by atoms with Gasteiger partial charge >= 0.3 is 0 Å². The Bertz CT molecular complexity index is 891. The molecule has 130 valence electrons. The quantitative estimate of drug-likeness (QED) is 0.744. The fourth-order valence-electron chi connectivity index (χ4n) is 2.68. The molecule has 7 heteroatoms. The first-order valence-corrected chi connectivity index (χ1v) is 7.92. The number of carbonyl (C=O) groups excluding carboxylic acids is 1. The first-order chi connectivity index (χ1) is 12.1. The average Bonchev–Trinajstić information content (AvgIpc) is 3.06. The molecule has 0 aliphatic carbocycles. The van der Waals surface area contributed by atoms with Crippen molar-refractivity contribution >= 4 is 11.6 Å². The molecule has 3 rings (SSSR count). The summed E-state index contributed by atoms with van der Waals surface area (Å²) in [7, 11) is 3.16. The van der Waals surface area contributed by atoms with Gasteiger partial charge in [-0.25, -0.2) is 0 Å². The molecule has 0 radical (unpaired) electrons. The Morgan fingerprint density at radius 1 is 1.20 bits per heavy atom. The minimum Gasteiger partial charge on any atom is -0.497 e. The van der Waals surface area contributed by atoms with Crippen molar-refractivity contribution in [2.45, 2.75) is 19.4 Å². The third-order valence-corrected chi connectivity index (χ3v) is 3.95. The zero-order chi connectivity index (χ0) is 17.8. The molecule has 0 unspecified atom stereocenters. The molecular weight excluding hydrogens is 320 g/mol. The van der Waals surface area contributed by atoms with Gasteiger partial charge in [-0.05, 0) is 25.1 Å². The summed E-state index contributed by atoms with van der Waals surface area (Å²) in [6, 6.07) is 10.8. The van der Waals surface area contributed by atoms with E-state index in [1.165, 1.54) is 0 Å². The number of nitrogens with one attached hydrogen (secondary N) is 1. The van der Waals surface area contributed by atoms with E-state index >= 15 is 0 Å². The van der Waals surface area contributed by atoms with E-state index < -0.39 is 0 Å². The number of amides is 1. The van der Waals surface area contributed by atoms with Crippen LogP contribution in [0.5, 0.6) is 11.5 Å². The first kappa shape index (κ1) is 16.8. The van der Waals surface area contributed by atoms with Crippen LogP contribution >= 0.6 is 0 Å². The van der Waals surface area contributed by atoms with E-state index in [4.69, 9.17) is 9.47 Å². The molecule has 0 aliphatic rings. The fraction of sp³-hybridized carbons (Fsp3) is 0.278. The summed E-state index contributed by atoms with van der Waals surface area (Å²) in [5.74, 6) is 1.87. The molecule has 0 fully saturated rings. The topological polar surface area (TPSA) is 77.8 Å². The normalized spacial score (nSPS) is 12.0. The van der Waals surface area contributed by atoms with Crippen LogP contribution in [0.3, 0.4) is 0 Å². The highest BCUT2D eigenvalue weighted by Gasteiger charge is 2.17. The Hall–Kier alpha value is -3.09.